The van der Waals surface area contributed by atoms with E-state index < -0.39 is 0 Å². The third kappa shape index (κ3) is 0.482. The van der Waals surface area contributed by atoms with Gasteiger partial charge in [0.15, 0.2) is 0 Å². The van der Waals surface area contributed by atoms with Crippen molar-refractivity contribution in [3.63, 3.8) is 0 Å². The first kappa shape index (κ1) is 6.45. The van der Waals surface area contributed by atoms with Gasteiger partial charge < -0.3 is 0 Å². The molecule has 0 amide bonds. The molecule has 5 rings (SSSR count). The van der Waals surface area contributed by atoms with Gasteiger partial charge in [0.1, 0.15) is 0 Å². The van der Waals surface area contributed by atoms with Crippen LogP contribution in [0.1, 0.15) is 32.6 Å². The second kappa shape index (κ2) is 1.76. The predicted octanol–water partition coefficient (Wildman–Crippen LogP) is 2.93. The second-order valence-corrected chi connectivity index (χ2v) is 5.94. The third-order valence-electron chi connectivity index (χ3n) is 5.79. The Labute approximate surface area is 74.7 Å². The quantitative estimate of drug-likeness (QED) is 0.514. The Morgan fingerprint density at radius 2 is 1.58 bits per heavy atom. The van der Waals surface area contributed by atoms with Gasteiger partial charge in [-0.25, -0.2) is 0 Å². The molecule has 0 aromatic rings. The van der Waals surface area contributed by atoms with Crippen LogP contribution >= 0.6 is 0 Å². The monoisotopic (exact) mass is 162 g/mol. The normalized spacial score (nSPS) is 71.2. The van der Waals surface area contributed by atoms with Gasteiger partial charge in [0.2, 0.25) is 0 Å². The summed E-state index contributed by atoms with van der Waals surface area (Å²) in [5.74, 6) is 8.40. The minimum absolute atomic E-state index is 1.09. The van der Waals surface area contributed by atoms with Crippen molar-refractivity contribution in [1.82, 2.24) is 0 Å². The molecule has 5 unspecified atom stereocenters. The van der Waals surface area contributed by atoms with E-state index in [2.05, 4.69) is 6.92 Å². The Hall–Kier alpha value is 0. The SMILES string of the molecule is CC1CCC2C1C1C3CC(C3)C21. The average Bonchev–Trinajstić information content (AvgIpc) is 2.43. The summed E-state index contributed by atoms with van der Waals surface area (Å²) in [4.78, 5) is 0. The molecule has 66 valence electrons. The van der Waals surface area contributed by atoms with E-state index in [1.165, 1.54) is 35.5 Å². The van der Waals surface area contributed by atoms with Crippen molar-refractivity contribution in [1.29, 1.82) is 0 Å². The van der Waals surface area contributed by atoms with E-state index in [-0.39, 0.29) is 0 Å². The fourth-order valence-electron chi connectivity index (χ4n) is 5.40. The Morgan fingerprint density at radius 1 is 0.833 bits per heavy atom. The van der Waals surface area contributed by atoms with Crippen LogP contribution in [0.2, 0.25) is 0 Å². The summed E-state index contributed by atoms with van der Waals surface area (Å²) in [6.45, 7) is 2.51. The molecule has 0 heteroatoms. The third-order valence-corrected chi connectivity index (χ3v) is 5.79. The molecular formula is C12H18. The summed E-state index contributed by atoms with van der Waals surface area (Å²) in [6, 6.07) is 0. The maximum atomic E-state index is 2.51. The lowest BCUT2D eigenvalue weighted by atomic mass is 9.58. The van der Waals surface area contributed by atoms with E-state index in [0.29, 0.717) is 0 Å². The molecule has 2 bridgehead atoms. The summed E-state index contributed by atoms with van der Waals surface area (Å²) < 4.78 is 0. The van der Waals surface area contributed by atoms with Crippen molar-refractivity contribution in [2.75, 3.05) is 0 Å². The van der Waals surface area contributed by atoms with Crippen molar-refractivity contribution < 1.29 is 0 Å². The molecule has 5 fully saturated rings. The van der Waals surface area contributed by atoms with Gasteiger partial charge in [0, 0.05) is 0 Å². The Kier molecular flexibility index (Phi) is 0.946. The first-order valence-corrected chi connectivity index (χ1v) is 5.86. The maximum absolute atomic E-state index is 2.51. The van der Waals surface area contributed by atoms with Gasteiger partial charge in [-0.2, -0.15) is 0 Å². The molecular weight excluding hydrogens is 144 g/mol. The summed E-state index contributed by atoms with van der Waals surface area (Å²) in [5.41, 5.74) is 0. The zero-order valence-corrected chi connectivity index (χ0v) is 7.87. The molecule has 5 atom stereocenters. The predicted molar refractivity (Wildman–Crippen MR) is 48.6 cm³/mol. The lowest BCUT2D eigenvalue weighted by Gasteiger charge is -2.47. The Balaban J connectivity index is 1.71. The van der Waals surface area contributed by atoms with E-state index in [9.17, 15) is 0 Å². The fourth-order valence-corrected chi connectivity index (χ4v) is 5.40. The molecule has 0 aromatic carbocycles. The molecule has 0 aliphatic heterocycles. The molecule has 0 N–H and O–H groups in total. The summed E-state index contributed by atoms with van der Waals surface area (Å²) >= 11 is 0. The highest BCUT2D eigenvalue weighted by molar-refractivity contribution is 5.15. The Bertz CT molecular complexity index is 221. The van der Waals surface area contributed by atoms with Crippen molar-refractivity contribution in [3.8, 4) is 0 Å². The molecule has 5 aliphatic rings. The molecule has 0 saturated heterocycles. The van der Waals surface area contributed by atoms with Gasteiger partial charge in [-0.05, 0) is 60.7 Å². The lowest BCUT2D eigenvalue weighted by Crippen LogP contribution is -2.43. The average molecular weight is 162 g/mol. The molecule has 0 spiro atoms. The Morgan fingerprint density at radius 3 is 2.42 bits per heavy atom. The second-order valence-electron chi connectivity index (χ2n) is 5.94. The lowest BCUT2D eigenvalue weighted by molar-refractivity contribution is 0.00313. The van der Waals surface area contributed by atoms with E-state index in [0.717, 1.165) is 5.92 Å². The number of hydrogen-bond acceptors (Lipinski definition) is 0. The molecule has 0 heterocycles. The number of fused-ring (bicyclic) bond motifs is 1. The highest BCUT2D eigenvalue weighted by Gasteiger charge is 2.67. The zero-order chi connectivity index (χ0) is 7.87. The van der Waals surface area contributed by atoms with Crippen LogP contribution in [0.3, 0.4) is 0 Å². The van der Waals surface area contributed by atoms with E-state index >= 15 is 0 Å². The van der Waals surface area contributed by atoms with Gasteiger partial charge in [0.25, 0.3) is 0 Å². The topological polar surface area (TPSA) is 0 Å². The van der Waals surface area contributed by atoms with Crippen molar-refractivity contribution >= 4 is 0 Å². The van der Waals surface area contributed by atoms with Gasteiger partial charge in [-0.3, -0.25) is 0 Å². The smallest absolute Gasteiger partial charge is 0.0318 e. The maximum Gasteiger partial charge on any atom is -0.0318 e. The van der Waals surface area contributed by atoms with Crippen LogP contribution in [-0.2, 0) is 0 Å². The minimum atomic E-state index is 1.09. The van der Waals surface area contributed by atoms with Crippen LogP contribution in [0, 0.1) is 41.4 Å². The van der Waals surface area contributed by atoms with Crippen molar-refractivity contribution in [2.45, 2.75) is 32.6 Å². The van der Waals surface area contributed by atoms with Gasteiger partial charge >= 0.3 is 0 Å². The number of rotatable bonds is 0. The van der Waals surface area contributed by atoms with Gasteiger partial charge in [0.05, 0.1) is 0 Å². The first-order chi connectivity index (χ1) is 5.86. The highest BCUT2D eigenvalue weighted by atomic mass is 14.7. The summed E-state index contributed by atoms with van der Waals surface area (Å²) in [5, 5.41) is 0. The summed E-state index contributed by atoms with van der Waals surface area (Å²) in [6.07, 6.45) is 6.42. The largest absolute Gasteiger partial charge is 0.0622 e. The van der Waals surface area contributed by atoms with Crippen molar-refractivity contribution in [3.05, 3.63) is 0 Å². The van der Waals surface area contributed by atoms with Gasteiger partial charge in [-0.1, -0.05) is 13.3 Å². The minimum Gasteiger partial charge on any atom is -0.0622 e. The van der Waals surface area contributed by atoms with Crippen LogP contribution in [0.5, 0.6) is 0 Å². The fraction of sp³-hybridized carbons (Fsp3) is 1.00. The van der Waals surface area contributed by atoms with Crippen LogP contribution in [0.15, 0.2) is 0 Å². The zero-order valence-electron chi connectivity index (χ0n) is 7.87. The van der Waals surface area contributed by atoms with Crippen LogP contribution in [0.4, 0.5) is 0 Å². The molecule has 0 radical (unpaired) electrons. The molecule has 5 saturated carbocycles. The van der Waals surface area contributed by atoms with E-state index in [4.69, 9.17) is 0 Å². The molecule has 5 aliphatic carbocycles. The van der Waals surface area contributed by atoms with Gasteiger partial charge in [-0.15, -0.1) is 0 Å². The molecule has 0 nitrogen and oxygen atoms in total. The van der Waals surface area contributed by atoms with Crippen LogP contribution < -0.4 is 0 Å². The van der Waals surface area contributed by atoms with E-state index in [1.54, 1.807) is 25.7 Å². The van der Waals surface area contributed by atoms with Crippen molar-refractivity contribution in [2.24, 2.45) is 41.4 Å². The van der Waals surface area contributed by atoms with Crippen LogP contribution in [-0.4, -0.2) is 0 Å². The summed E-state index contributed by atoms with van der Waals surface area (Å²) in [7, 11) is 0. The first-order valence-electron chi connectivity index (χ1n) is 5.86. The molecule has 0 aromatic heterocycles. The van der Waals surface area contributed by atoms with E-state index in [1.807, 2.05) is 0 Å². The van der Waals surface area contributed by atoms with Crippen LogP contribution in [0.25, 0.3) is 0 Å². The standard InChI is InChI=1S/C12H18/c1-6-2-3-9-10(6)12-8-4-7(5-8)11(9)12/h6-12H,2-5H2,1H3. The number of hydrogen-bond donors (Lipinski definition) is 0. The molecule has 12 heavy (non-hydrogen) atoms. The highest BCUT2D eigenvalue weighted by Crippen LogP contribution is 2.74.